The highest BCUT2D eigenvalue weighted by Crippen LogP contribution is 2.27. The van der Waals surface area contributed by atoms with Crippen LogP contribution in [0.3, 0.4) is 0 Å². The average Bonchev–Trinajstić information content (AvgIpc) is 2.85. The van der Waals surface area contributed by atoms with E-state index in [9.17, 15) is 10.1 Å². The zero-order valence-electron chi connectivity index (χ0n) is 11.0. The first-order valence-corrected chi connectivity index (χ1v) is 6.68. The van der Waals surface area contributed by atoms with Gasteiger partial charge in [0.15, 0.2) is 0 Å². The number of nitro groups is 1. The quantitative estimate of drug-likeness (QED) is 0.654. The van der Waals surface area contributed by atoms with Crippen LogP contribution in [0.5, 0.6) is 0 Å². The number of hydrogen-bond acceptors (Lipinski definition) is 4. The minimum absolute atomic E-state index is 0.0984. The van der Waals surface area contributed by atoms with Crippen molar-refractivity contribution in [2.24, 2.45) is 0 Å². The standard InChI is InChI=1S/C13H15ClN4O2/c1-2-7-17-11(5-6-16-17)9-15-10-3-4-12(14)13(8-10)18(19)20/h3-6,8,15H,2,7,9H2,1H3. The van der Waals surface area contributed by atoms with Gasteiger partial charge in [0.1, 0.15) is 5.02 Å². The number of nitrogens with zero attached hydrogens (tertiary/aromatic N) is 3. The van der Waals surface area contributed by atoms with Crippen molar-refractivity contribution in [1.29, 1.82) is 0 Å². The number of benzene rings is 1. The molecule has 0 saturated carbocycles. The van der Waals surface area contributed by atoms with Crippen molar-refractivity contribution in [3.8, 4) is 0 Å². The van der Waals surface area contributed by atoms with Gasteiger partial charge in [-0.1, -0.05) is 18.5 Å². The molecule has 1 heterocycles. The van der Waals surface area contributed by atoms with E-state index in [-0.39, 0.29) is 10.7 Å². The summed E-state index contributed by atoms with van der Waals surface area (Å²) < 4.78 is 1.91. The highest BCUT2D eigenvalue weighted by Gasteiger charge is 2.12. The maximum atomic E-state index is 10.8. The summed E-state index contributed by atoms with van der Waals surface area (Å²) in [6.07, 6.45) is 2.75. The first-order valence-electron chi connectivity index (χ1n) is 6.30. The van der Waals surface area contributed by atoms with Crippen LogP contribution in [0.1, 0.15) is 19.0 Å². The number of halogens is 1. The molecular weight excluding hydrogens is 280 g/mol. The van der Waals surface area contributed by atoms with E-state index in [0.717, 1.165) is 18.7 Å². The zero-order valence-corrected chi connectivity index (χ0v) is 11.8. The van der Waals surface area contributed by atoms with Crippen molar-refractivity contribution in [3.05, 3.63) is 51.3 Å². The molecule has 1 aromatic heterocycles. The summed E-state index contributed by atoms with van der Waals surface area (Å²) in [5.41, 5.74) is 1.59. The molecule has 20 heavy (non-hydrogen) atoms. The smallest absolute Gasteiger partial charge is 0.289 e. The molecule has 106 valence electrons. The first-order chi connectivity index (χ1) is 9.61. The Morgan fingerprint density at radius 1 is 1.45 bits per heavy atom. The second-order valence-electron chi connectivity index (χ2n) is 4.32. The van der Waals surface area contributed by atoms with Crippen LogP contribution in [0.15, 0.2) is 30.5 Å². The molecule has 0 saturated heterocycles. The molecule has 1 N–H and O–H groups in total. The molecule has 6 nitrogen and oxygen atoms in total. The molecule has 0 fully saturated rings. The molecule has 7 heteroatoms. The molecular formula is C13H15ClN4O2. The number of nitrogens with one attached hydrogen (secondary N) is 1. The Morgan fingerprint density at radius 2 is 2.25 bits per heavy atom. The maximum absolute atomic E-state index is 10.8. The molecule has 0 atom stereocenters. The minimum atomic E-state index is -0.491. The number of rotatable bonds is 6. The molecule has 0 spiro atoms. The van der Waals surface area contributed by atoms with E-state index in [0.29, 0.717) is 12.2 Å². The molecule has 0 aliphatic rings. The van der Waals surface area contributed by atoms with Gasteiger partial charge in [0.05, 0.1) is 17.2 Å². The van der Waals surface area contributed by atoms with Gasteiger partial charge in [-0.05, 0) is 24.6 Å². The topological polar surface area (TPSA) is 73.0 Å². The van der Waals surface area contributed by atoms with Gasteiger partial charge in [0, 0.05) is 24.5 Å². The summed E-state index contributed by atoms with van der Waals surface area (Å²) in [6, 6.07) is 6.59. The van der Waals surface area contributed by atoms with E-state index in [1.54, 1.807) is 12.3 Å². The van der Waals surface area contributed by atoms with Crippen LogP contribution >= 0.6 is 11.6 Å². The highest BCUT2D eigenvalue weighted by atomic mass is 35.5. The Labute approximate surface area is 121 Å². The lowest BCUT2D eigenvalue weighted by atomic mass is 10.2. The van der Waals surface area contributed by atoms with Crippen LogP contribution < -0.4 is 5.32 Å². The average molecular weight is 295 g/mol. The number of anilines is 1. The van der Waals surface area contributed by atoms with Gasteiger partial charge < -0.3 is 5.32 Å². The predicted molar refractivity (Wildman–Crippen MR) is 78.0 cm³/mol. The lowest BCUT2D eigenvalue weighted by Gasteiger charge is -2.09. The Morgan fingerprint density at radius 3 is 2.95 bits per heavy atom. The van der Waals surface area contributed by atoms with Crippen LogP contribution in [0.25, 0.3) is 0 Å². The molecule has 0 aliphatic heterocycles. The number of nitro benzene ring substituents is 1. The van der Waals surface area contributed by atoms with Gasteiger partial charge >= 0.3 is 0 Å². The van der Waals surface area contributed by atoms with E-state index in [4.69, 9.17) is 11.6 Å². The van der Waals surface area contributed by atoms with Gasteiger partial charge in [0.2, 0.25) is 0 Å². The second kappa shape index (κ2) is 6.38. The van der Waals surface area contributed by atoms with Crippen LogP contribution in [0.2, 0.25) is 5.02 Å². The summed E-state index contributed by atoms with van der Waals surface area (Å²) in [7, 11) is 0. The van der Waals surface area contributed by atoms with E-state index < -0.39 is 4.92 Å². The molecule has 1 aromatic carbocycles. The lowest BCUT2D eigenvalue weighted by Crippen LogP contribution is -2.09. The summed E-state index contributed by atoms with van der Waals surface area (Å²) in [5.74, 6) is 0. The number of hydrogen-bond donors (Lipinski definition) is 1. The number of aryl methyl sites for hydroxylation is 1. The van der Waals surface area contributed by atoms with E-state index in [1.165, 1.54) is 12.1 Å². The second-order valence-corrected chi connectivity index (χ2v) is 4.73. The normalized spacial score (nSPS) is 10.5. The lowest BCUT2D eigenvalue weighted by molar-refractivity contribution is -0.384. The summed E-state index contributed by atoms with van der Waals surface area (Å²) in [4.78, 5) is 10.3. The Balaban J connectivity index is 2.09. The van der Waals surface area contributed by atoms with Gasteiger partial charge in [-0.25, -0.2) is 0 Å². The van der Waals surface area contributed by atoms with E-state index in [1.807, 2.05) is 10.7 Å². The van der Waals surface area contributed by atoms with Gasteiger partial charge in [-0.2, -0.15) is 5.10 Å². The summed E-state index contributed by atoms with van der Waals surface area (Å²) in [6.45, 7) is 3.49. The van der Waals surface area contributed by atoms with Crippen molar-refractivity contribution in [3.63, 3.8) is 0 Å². The zero-order chi connectivity index (χ0) is 14.5. The number of aromatic nitrogens is 2. The predicted octanol–water partition coefficient (Wildman–Crippen LogP) is 3.47. The third-order valence-electron chi connectivity index (χ3n) is 2.86. The molecule has 2 rings (SSSR count). The van der Waals surface area contributed by atoms with Crippen LogP contribution in [0.4, 0.5) is 11.4 Å². The molecule has 0 aliphatic carbocycles. The molecule has 0 amide bonds. The Hall–Kier alpha value is -2.08. The minimum Gasteiger partial charge on any atom is -0.379 e. The van der Waals surface area contributed by atoms with Crippen molar-refractivity contribution < 1.29 is 4.92 Å². The molecule has 0 unspecified atom stereocenters. The maximum Gasteiger partial charge on any atom is 0.289 e. The summed E-state index contributed by atoms with van der Waals surface area (Å²) in [5, 5.41) is 18.3. The first kappa shape index (κ1) is 14.3. The third kappa shape index (κ3) is 3.27. The van der Waals surface area contributed by atoms with E-state index >= 15 is 0 Å². The van der Waals surface area contributed by atoms with E-state index in [2.05, 4.69) is 17.3 Å². The third-order valence-corrected chi connectivity index (χ3v) is 3.18. The molecule has 0 radical (unpaired) electrons. The fourth-order valence-electron chi connectivity index (χ4n) is 1.88. The SMILES string of the molecule is CCCn1nccc1CNc1ccc(Cl)c([N+](=O)[O-])c1. The van der Waals surface area contributed by atoms with Crippen LogP contribution in [0, 0.1) is 10.1 Å². The van der Waals surface area contributed by atoms with Crippen molar-refractivity contribution in [2.45, 2.75) is 26.4 Å². The molecule has 2 aromatic rings. The van der Waals surface area contributed by atoms with Crippen molar-refractivity contribution >= 4 is 23.0 Å². The van der Waals surface area contributed by atoms with Crippen molar-refractivity contribution in [1.82, 2.24) is 9.78 Å². The Bertz CT molecular complexity index is 612. The highest BCUT2D eigenvalue weighted by molar-refractivity contribution is 6.32. The fourth-order valence-corrected chi connectivity index (χ4v) is 2.07. The van der Waals surface area contributed by atoms with Gasteiger partial charge in [-0.3, -0.25) is 14.8 Å². The van der Waals surface area contributed by atoms with Crippen LogP contribution in [-0.2, 0) is 13.1 Å². The summed E-state index contributed by atoms with van der Waals surface area (Å²) >= 11 is 5.77. The van der Waals surface area contributed by atoms with Gasteiger partial charge in [-0.15, -0.1) is 0 Å². The molecule has 0 bridgehead atoms. The van der Waals surface area contributed by atoms with Crippen LogP contribution in [-0.4, -0.2) is 14.7 Å². The van der Waals surface area contributed by atoms with Gasteiger partial charge in [0.25, 0.3) is 5.69 Å². The fraction of sp³-hybridized carbons (Fsp3) is 0.308. The Kier molecular flexibility index (Phi) is 4.57. The largest absolute Gasteiger partial charge is 0.379 e. The monoisotopic (exact) mass is 294 g/mol. The van der Waals surface area contributed by atoms with Crippen molar-refractivity contribution in [2.75, 3.05) is 5.32 Å².